The maximum Gasteiger partial charge on any atom is 0.0571 e. The van der Waals surface area contributed by atoms with Crippen LogP contribution in [0.5, 0.6) is 0 Å². The molecular formula is C15H26N4. The van der Waals surface area contributed by atoms with Crippen LogP contribution in [0, 0.1) is 0 Å². The highest BCUT2D eigenvalue weighted by Gasteiger charge is 2.19. The molecule has 0 aliphatic carbocycles. The first-order valence-corrected chi connectivity index (χ1v) is 7.24. The van der Waals surface area contributed by atoms with Crippen LogP contribution in [0.4, 0.5) is 5.69 Å². The predicted molar refractivity (Wildman–Crippen MR) is 80.6 cm³/mol. The normalized spacial score (nSPS) is 18.9. The molecule has 19 heavy (non-hydrogen) atoms. The molecular weight excluding hydrogens is 236 g/mol. The first-order chi connectivity index (χ1) is 9.11. The molecule has 0 aromatic carbocycles. The monoisotopic (exact) mass is 262 g/mol. The summed E-state index contributed by atoms with van der Waals surface area (Å²) in [6, 6.07) is 5.29. The molecule has 1 unspecified atom stereocenters. The van der Waals surface area contributed by atoms with Crippen LogP contribution in [0.15, 0.2) is 18.3 Å². The zero-order valence-corrected chi connectivity index (χ0v) is 12.6. The van der Waals surface area contributed by atoms with Crippen LogP contribution < -0.4 is 10.2 Å². The van der Waals surface area contributed by atoms with Crippen molar-refractivity contribution >= 4 is 5.69 Å². The van der Waals surface area contributed by atoms with E-state index in [4.69, 9.17) is 0 Å². The second-order valence-electron chi connectivity index (χ2n) is 5.57. The highest BCUT2D eigenvalue weighted by molar-refractivity contribution is 5.45. The lowest BCUT2D eigenvalue weighted by Gasteiger charge is -2.38. The second-order valence-corrected chi connectivity index (χ2v) is 5.57. The highest BCUT2D eigenvalue weighted by atomic mass is 15.3. The van der Waals surface area contributed by atoms with Gasteiger partial charge in [-0.1, -0.05) is 0 Å². The first kappa shape index (κ1) is 14.3. The zero-order chi connectivity index (χ0) is 13.8. The molecule has 2 rings (SSSR count). The lowest BCUT2D eigenvalue weighted by molar-refractivity contribution is 0.209. The van der Waals surface area contributed by atoms with Crippen molar-refractivity contribution < 1.29 is 0 Å². The molecule has 0 saturated carbocycles. The maximum atomic E-state index is 4.56. The number of hydrogen-bond acceptors (Lipinski definition) is 4. The SMILES string of the molecule is CNC(C)c1ccc(N2CCN(C(C)C)CC2)cn1. The minimum atomic E-state index is 0.312. The standard InChI is InChI=1S/C15H26N4/c1-12(2)18-7-9-19(10-8-18)14-5-6-15(17-11-14)13(3)16-4/h5-6,11-13,16H,7-10H2,1-4H3. The predicted octanol–water partition coefficient (Wildman–Crippen LogP) is 1.89. The number of hydrogen-bond donors (Lipinski definition) is 1. The van der Waals surface area contributed by atoms with Gasteiger partial charge in [0.2, 0.25) is 0 Å². The molecule has 1 aromatic heterocycles. The highest BCUT2D eigenvalue weighted by Crippen LogP contribution is 2.18. The second kappa shape index (κ2) is 6.35. The Morgan fingerprint density at radius 1 is 1.11 bits per heavy atom. The van der Waals surface area contributed by atoms with Crippen molar-refractivity contribution in [3.05, 3.63) is 24.0 Å². The van der Waals surface area contributed by atoms with Gasteiger partial charge in [-0.2, -0.15) is 0 Å². The Balaban J connectivity index is 1.96. The number of aromatic nitrogens is 1. The van der Waals surface area contributed by atoms with Crippen LogP contribution in [-0.2, 0) is 0 Å². The third kappa shape index (κ3) is 3.45. The van der Waals surface area contributed by atoms with Crippen LogP contribution in [-0.4, -0.2) is 49.2 Å². The van der Waals surface area contributed by atoms with E-state index in [-0.39, 0.29) is 0 Å². The van der Waals surface area contributed by atoms with Crippen molar-refractivity contribution in [2.75, 3.05) is 38.1 Å². The Bertz CT molecular complexity index is 380. The minimum absolute atomic E-state index is 0.312. The molecule has 1 aromatic rings. The van der Waals surface area contributed by atoms with Gasteiger partial charge in [0.15, 0.2) is 0 Å². The summed E-state index contributed by atoms with van der Waals surface area (Å²) in [7, 11) is 1.96. The largest absolute Gasteiger partial charge is 0.368 e. The zero-order valence-electron chi connectivity index (χ0n) is 12.6. The van der Waals surface area contributed by atoms with E-state index < -0.39 is 0 Å². The Morgan fingerprint density at radius 3 is 2.26 bits per heavy atom. The Hall–Kier alpha value is -1.13. The first-order valence-electron chi connectivity index (χ1n) is 7.24. The van der Waals surface area contributed by atoms with Crippen molar-refractivity contribution in [2.24, 2.45) is 0 Å². The third-order valence-electron chi connectivity index (χ3n) is 4.06. The number of nitrogens with zero attached hydrogens (tertiary/aromatic N) is 3. The van der Waals surface area contributed by atoms with Crippen LogP contribution >= 0.6 is 0 Å². The fourth-order valence-electron chi connectivity index (χ4n) is 2.49. The number of anilines is 1. The number of rotatable bonds is 4. The summed E-state index contributed by atoms with van der Waals surface area (Å²) in [5.41, 5.74) is 2.35. The van der Waals surface area contributed by atoms with E-state index in [0.29, 0.717) is 12.1 Å². The van der Waals surface area contributed by atoms with Crippen LogP contribution in [0.1, 0.15) is 32.5 Å². The van der Waals surface area contributed by atoms with E-state index in [1.54, 1.807) is 0 Å². The molecule has 4 heteroatoms. The minimum Gasteiger partial charge on any atom is -0.368 e. The quantitative estimate of drug-likeness (QED) is 0.898. The molecule has 1 atom stereocenters. The molecule has 0 spiro atoms. The summed E-state index contributed by atoms with van der Waals surface area (Å²) in [5, 5.41) is 3.22. The summed E-state index contributed by atoms with van der Waals surface area (Å²) < 4.78 is 0. The van der Waals surface area contributed by atoms with Crippen LogP contribution in [0.25, 0.3) is 0 Å². The Morgan fingerprint density at radius 2 is 1.79 bits per heavy atom. The molecule has 1 saturated heterocycles. The van der Waals surface area contributed by atoms with E-state index in [2.05, 4.69) is 53.0 Å². The van der Waals surface area contributed by atoms with E-state index in [9.17, 15) is 0 Å². The molecule has 2 heterocycles. The topological polar surface area (TPSA) is 31.4 Å². The third-order valence-corrected chi connectivity index (χ3v) is 4.06. The Kier molecular flexibility index (Phi) is 4.77. The maximum absolute atomic E-state index is 4.56. The van der Waals surface area contributed by atoms with Gasteiger partial charge in [-0.25, -0.2) is 0 Å². The smallest absolute Gasteiger partial charge is 0.0571 e. The van der Waals surface area contributed by atoms with E-state index in [1.165, 1.54) is 5.69 Å². The molecule has 1 fully saturated rings. The summed E-state index contributed by atoms with van der Waals surface area (Å²) in [5.74, 6) is 0. The molecule has 1 aliphatic heterocycles. The summed E-state index contributed by atoms with van der Waals surface area (Å²) in [6.07, 6.45) is 2.01. The van der Waals surface area contributed by atoms with Gasteiger partial charge in [-0.15, -0.1) is 0 Å². The number of piperazine rings is 1. The Labute approximate surface area is 116 Å². The van der Waals surface area contributed by atoms with Crippen LogP contribution in [0.3, 0.4) is 0 Å². The molecule has 0 radical (unpaired) electrons. The lowest BCUT2D eigenvalue weighted by atomic mass is 10.2. The van der Waals surface area contributed by atoms with Gasteiger partial charge in [-0.05, 0) is 40.0 Å². The van der Waals surface area contributed by atoms with Crippen LogP contribution in [0.2, 0.25) is 0 Å². The molecule has 1 aliphatic rings. The van der Waals surface area contributed by atoms with E-state index in [1.807, 2.05) is 13.2 Å². The summed E-state index contributed by atoms with van der Waals surface area (Å²) in [4.78, 5) is 9.52. The van der Waals surface area contributed by atoms with Gasteiger partial charge in [0.25, 0.3) is 0 Å². The van der Waals surface area contributed by atoms with Gasteiger partial charge in [0.05, 0.1) is 17.6 Å². The average molecular weight is 262 g/mol. The van der Waals surface area contributed by atoms with E-state index >= 15 is 0 Å². The molecule has 0 bridgehead atoms. The molecule has 0 amide bonds. The fraction of sp³-hybridized carbons (Fsp3) is 0.667. The summed E-state index contributed by atoms with van der Waals surface area (Å²) >= 11 is 0. The molecule has 4 nitrogen and oxygen atoms in total. The van der Waals surface area contributed by atoms with Crippen molar-refractivity contribution in [2.45, 2.75) is 32.9 Å². The van der Waals surface area contributed by atoms with Crippen molar-refractivity contribution in [3.8, 4) is 0 Å². The van der Waals surface area contributed by atoms with Gasteiger partial charge in [-0.3, -0.25) is 9.88 Å². The van der Waals surface area contributed by atoms with Crippen molar-refractivity contribution in [3.63, 3.8) is 0 Å². The van der Waals surface area contributed by atoms with Crippen molar-refractivity contribution in [1.82, 2.24) is 15.2 Å². The van der Waals surface area contributed by atoms with E-state index in [0.717, 1.165) is 31.9 Å². The summed E-state index contributed by atoms with van der Waals surface area (Å²) in [6.45, 7) is 11.2. The van der Waals surface area contributed by atoms with Crippen molar-refractivity contribution in [1.29, 1.82) is 0 Å². The number of nitrogens with one attached hydrogen (secondary N) is 1. The molecule has 106 valence electrons. The van der Waals surface area contributed by atoms with Gasteiger partial charge < -0.3 is 10.2 Å². The lowest BCUT2D eigenvalue weighted by Crippen LogP contribution is -2.48. The van der Waals surface area contributed by atoms with Gasteiger partial charge >= 0.3 is 0 Å². The number of pyridine rings is 1. The van der Waals surface area contributed by atoms with Gasteiger partial charge in [0.1, 0.15) is 0 Å². The fourth-order valence-corrected chi connectivity index (χ4v) is 2.49. The average Bonchev–Trinajstić information content (AvgIpc) is 2.46. The molecule has 1 N–H and O–H groups in total. The van der Waals surface area contributed by atoms with Gasteiger partial charge in [0, 0.05) is 38.3 Å².